The number of unbranched alkanes of at least 4 members (excludes halogenated alkanes) is 14. The minimum absolute atomic E-state index is 0.123. The van der Waals surface area contributed by atoms with Crippen molar-refractivity contribution >= 4 is 17.9 Å². The Balaban J connectivity index is 4.35. The van der Waals surface area contributed by atoms with Crippen molar-refractivity contribution in [2.24, 2.45) is 0 Å². The molecule has 0 aliphatic carbocycles. The summed E-state index contributed by atoms with van der Waals surface area (Å²) in [6.45, 7) is 6.25. The summed E-state index contributed by atoms with van der Waals surface area (Å²) in [6, 6.07) is 0. The summed E-state index contributed by atoms with van der Waals surface area (Å²) in [4.78, 5) is 38.1. The summed E-state index contributed by atoms with van der Waals surface area (Å²) < 4.78 is 16.8. The number of ether oxygens (including phenoxy) is 3. The third-order valence-corrected chi connectivity index (χ3v) is 12.6. The Morgan fingerprint density at radius 1 is 0.263 bits per heavy atom. The fraction of sp³-hybridized carbons (Fsp3) is 0.554. The molecule has 446 valence electrons. The third-order valence-electron chi connectivity index (χ3n) is 12.6. The van der Waals surface area contributed by atoms with E-state index in [2.05, 4.69) is 191 Å². The average Bonchev–Trinajstić information content (AvgIpc) is 3.46. The highest BCUT2D eigenvalue weighted by molar-refractivity contribution is 5.71. The monoisotopic (exact) mass is 1100 g/mol. The molecule has 0 spiro atoms. The van der Waals surface area contributed by atoms with E-state index in [9.17, 15) is 14.4 Å². The first-order valence-corrected chi connectivity index (χ1v) is 31.8. The molecule has 0 amide bonds. The molecule has 1 atom stereocenters. The highest BCUT2D eigenvalue weighted by atomic mass is 16.6. The maximum atomic E-state index is 12.8. The Labute approximate surface area is 491 Å². The van der Waals surface area contributed by atoms with Crippen LogP contribution in [0, 0.1) is 0 Å². The van der Waals surface area contributed by atoms with Crippen LogP contribution in [0.5, 0.6) is 0 Å². The van der Waals surface area contributed by atoms with Crippen molar-refractivity contribution in [1.29, 1.82) is 0 Å². The number of hydrogen-bond acceptors (Lipinski definition) is 6. The quantitative estimate of drug-likeness (QED) is 0.0261. The van der Waals surface area contributed by atoms with Crippen LogP contribution < -0.4 is 0 Å². The zero-order chi connectivity index (χ0) is 57.8. The van der Waals surface area contributed by atoms with Gasteiger partial charge in [-0.3, -0.25) is 14.4 Å². The number of carbonyl (C=O) groups is 3. The van der Waals surface area contributed by atoms with Gasteiger partial charge in [-0.25, -0.2) is 0 Å². The first kappa shape index (κ1) is 74.5. The summed E-state index contributed by atoms with van der Waals surface area (Å²) in [5, 5.41) is 0. The lowest BCUT2D eigenvalue weighted by Crippen LogP contribution is -2.30. The molecule has 0 aromatic carbocycles. The predicted molar refractivity (Wildman–Crippen MR) is 348 cm³/mol. The Morgan fingerprint density at radius 2 is 0.512 bits per heavy atom. The number of allylic oxidation sites excluding steroid dienone is 30. The van der Waals surface area contributed by atoms with Crippen molar-refractivity contribution in [3.05, 3.63) is 182 Å². The van der Waals surface area contributed by atoms with Crippen LogP contribution in [0.25, 0.3) is 0 Å². The van der Waals surface area contributed by atoms with Crippen molar-refractivity contribution in [1.82, 2.24) is 0 Å². The third kappa shape index (κ3) is 63.3. The first-order valence-electron chi connectivity index (χ1n) is 31.8. The van der Waals surface area contributed by atoms with E-state index < -0.39 is 12.1 Å². The van der Waals surface area contributed by atoms with Gasteiger partial charge in [0.2, 0.25) is 0 Å². The summed E-state index contributed by atoms with van der Waals surface area (Å²) in [5.41, 5.74) is 0. The SMILES string of the molecule is CC/C=C\C/C=C\C/C=C\C/C=C\C/C=C\C/C=C\C/C=C\C/C=C\CCCCCCCCCCC(=O)OCC(COC(=O)CCCCCCC/C=C\CCC)OC(=O)CC/C=C\C/C=C\C/C=C\C/C=C\C/C=C\C/C=C\CC. The van der Waals surface area contributed by atoms with Gasteiger partial charge in [0, 0.05) is 19.3 Å². The van der Waals surface area contributed by atoms with Gasteiger partial charge in [-0.2, -0.15) is 0 Å². The molecule has 0 aliphatic rings. The van der Waals surface area contributed by atoms with E-state index in [1.807, 2.05) is 12.2 Å². The van der Waals surface area contributed by atoms with Gasteiger partial charge in [-0.05, 0) is 141 Å². The fourth-order valence-electron chi connectivity index (χ4n) is 7.96. The molecule has 0 heterocycles. The Bertz CT molecular complexity index is 1890. The van der Waals surface area contributed by atoms with E-state index in [-0.39, 0.29) is 31.6 Å². The summed E-state index contributed by atoms with van der Waals surface area (Å²) in [7, 11) is 0. The van der Waals surface area contributed by atoms with E-state index in [0.717, 1.165) is 154 Å². The molecule has 0 saturated carbocycles. The Morgan fingerprint density at radius 3 is 0.825 bits per heavy atom. The topological polar surface area (TPSA) is 78.9 Å². The molecule has 0 aliphatic heterocycles. The summed E-state index contributed by atoms with van der Waals surface area (Å²) in [6.07, 6.45) is 99.2. The Hall–Kier alpha value is -5.49. The van der Waals surface area contributed by atoms with Crippen molar-refractivity contribution in [2.45, 2.75) is 252 Å². The normalized spacial score (nSPS) is 13.4. The molecule has 0 bridgehead atoms. The molecule has 80 heavy (non-hydrogen) atoms. The Kier molecular flexibility index (Phi) is 61.5. The van der Waals surface area contributed by atoms with Crippen LogP contribution in [-0.2, 0) is 28.6 Å². The van der Waals surface area contributed by atoms with Gasteiger partial charge in [0.15, 0.2) is 6.10 Å². The van der Waals surface area contributed by atoms with Gasteiger partial charge in [-0.1, -0.05) is 267 Å². The average molecular weight is 1100 g/mol. The second-order valence-electron chi connectivity index (χ2n) is 20.2. The second kappa shape index (κ2) is 66.0. The lowest BCUT2D eigenvalue weighted by molar-refractivity contribution is -0.166. The molecule has 0 aromatic heterocycles. The van der Waals surface area contributed by atoms with Gasteiger partial charge in [0.25, 0.3) is 0 Å². The highest BCUT2D eigenvalue weighted by Gasteiger charge is 2.19. The second-order valence-corrected chi connectivity index (χ2v) is 20.2. The van der Waals surface area contributed by atoms with Crippen LogP contribution in [0.1, 0.15) is 245 Å². The molecular weight excluding hydrogens is 985 g/mol. The zero-order valence-corrected chi connectivity index (χ0v) is 51.0. The van der Waals surface area contributed by atoms with Gasteiger partial charge in [0.05, 0.1) is 0 Å². The van der Waals surface area contributed by atoms with Gasteiger partial charge in [-0.15, -0.1) is 0 Å². The van der Waals surface area contributed by atoms with E-state index in [4.69, 9.17) is 14.2 Å². The van der Waals surface area contributed by atoms with E-state index in [1.165, 1.54) is 44.9 Å². The van der Waals surface area contributed by atoms with Crippen molar-refractivity contribution in [2.75, 3.05) is 13.2 Å². The molecule has 1 unspecified atom stereocenters. The molecule has 6 nitrogen and oxygen atoms in total. The maximum absolute atomic E-state index is 12.8. The van der Waals surface area contributed by atoms with Gasteiger partial charge >= 0.3 is 17.9 Å². The molecule has 0 fully saturated rings. The van der Waals surface area contributed by atoms with Crippen molar-refractivity contribution in [3.8, 4) is 0 Å². The lowest BCUT2D eigenvalue weighted by Gasteiger charge is -2.18. The summed E-state index contributed by atoms with van der Waals surface area (Å²) >= 11 is 0. The fourth-order valence-corrected chi connectivity index (χ4v) is 7.96. The van der Waals surface area contributed by atoms with Crippen molar-refractivity contribution in [3.63, 3.8) is 0 Å². The molecule has 0 rings (SSSR count). The minimum Gasteiger partial charge on any atom is -0.462 e. The van der Waals surface area contributed by atoms with Gasteiger partial charge in [0.1, 0.15) is 13.2 Å². The predicted octanol–water partition coefficient (Wildman–Crippen LogP) is 22.0. The van der Waals surface area contributed by atoms with Crippen LogP contribution in [0.3, 0.4) is 0 Å². The molecular formula is C74H114O6. The number of esters is 3. The zero-order valence-electron chi connectivity index (χ0n) is 51.0. The van der Waals surface area contributed by atoms with Crippen LogP contribution >= 0.6 is 0 Å². The highest BCUT2D eigenvalue weighted by Crippen LogP contribution is 2.13. The maximum Gasteiger partial charge on any atom is 0.306 e. The lowest BCUT2D eigenvalue weighted by atomic mass is 10.1. The number of hydrogen-bond donors (Lipinski definition) is 0. The van der Waals surface area contributed by atoms with Gasteiger partial charge < -0.3 is 14.2 Å². The molecule has 0 saturated heterocycles. The number of carbonyl (C=O) groups excluding carboxylic acids is 3. The van der Waals surface area contributed by atoms with Crippen LogP contribution in [0.2, 0.25) is 0 Å². The van der Waals surface area contributed by atoms with Crippen LogP contribution in [0.4, 0.5) is 0 Å². The standard InChI is InChI=1S/C74H114O6/c1-4-7-10-13-16-19-22-24-26-28-30-31-32-33-34-35-36-37-38-39-40-41-42-43-45-46-48-50-52-55-58-61-64-67-73(76)79-70-71(69-78-72(75)66-63-60-57-54-21-18-15-12-9-6-3)80-74(77)68-65-62-59-56-53-51-49-47-44-29-27-25-23-20-17-14-11-8-5-2/h7-8,10-12,15-17,19-20,24-27,30-31,33-34,36-37,39-40,42-44,47,51,53,59,62,71H,4-6,9,13-14,18,21-23,28-29,32,35,38,41,45-46,48-50,52,54-58,60-61,63-70H2,1-3H3/b10-7-,11-8-,15-12-,19-16-,20-17-,26-24-,27-25-,31-30-,34-33-,37-36-,40-39-,43-42-,47-44-,53-51-,62-59-. The molecule has 0 radical (unpaired) electrons. The molecule has 6 heteroatoms. The summed E-state index contributed by atoms with van der Waals surface area (Å²) in [5.74, 6) is -1.04. The molecule has 0 aromatic rings. The number of rotatable bonds is 55. The van der Waals surface area contributed by atoms with E-state index >= 15 is 0 Å². The minimum atomic E-state index is -0.835. The smallest absolute Gasteiger partial charge is 0.306 e. The largest absolute Gasteiger partial charge is 0.462 e. The van der Waals surface area contributed by atoms with E-state index in [0.29, 0.717) is 19.3 Å². The van der Waals surface area contributed by atoms with Crippen LogP contribution in [0.15, 0.2) is 182 Å². The molecule has 0 N–H and O–H groups in total. The van der Waals surface area contributed by atoms with Crippen LogP contribution in [-0.4, -0.2) is 37.2 Å². The first-order chi connectivity index (χ1) is 39.5. The van der Waals surface area contributed by atoms with E-state index in [1.54, 1.807) is 0 Å². The van der Waals surface area contributed by atoms with Crippen molar-refractivity contribution < 1.29 is 28.6 Å².